The van der Waals surface area contributed by atoms with Crippen molar-refractivity contribution in [1.29, 1.82) is 0 Å². The van der Waals surface area contributed by atoms with Crippen LogP contribution in [0.15, 0.2) is 65.2 Å². The van der Waals surface area contributed by atoms with Crippen molar-refractivity contribution in [2.24, 2.45) is 5.16 Å². The highest BCUT2D eigenvalue weighted by Gasteiger charge is 2.35. The summed E-state index contributed by atoms with van der Waals surface area (Å²) in [5.74, 6) is -0.0592. The van der Waals surface area contributed by atoms with Crippen LogP contribution in [0.4, 0.5) is 0 Å². The molecule has 2 aromatic carbocycles. The predicted molar refractivity (Wildman–Crippen MR) is 129 cm³/mol. The van der Waals surface area contributed by atoms with Gasteiger partial charge in [0.15, 0.2) is 0 Å². The van der Waals surface area contributed by atoms with Crippen LogP contribution in [0.5, 0.6) is 5.75 Å². The highest BCUT2D eigenvalue weighted by atomic mass is 32.2. The summed E-state index contributed by atoms with van der Waals surface area (Å²) in [6, 6.07) is 15.3. The molecule has 7 heteroatoms. The van der Waals surface area contributed by atoms with Crippen molar-refractivity contribution in [3.63, 3.8) is 0 Å². The van der Waals surface area contributed by atoms with E-state index < -0.39 is 11.5 Å². The first-order chi connectivity index (χ1) is 15.4. The van der Waals surface area contributed by atoms with E-state index in [1.165, 1.54) is 4.90 Å². The second-order valence-electron chi connectivity index (χ2n) is 7.85. The minimum absolute atomic E-state index is 0.283. The van der Waals surface area contributed by atoms with Crippen molar-refractivity contribution in [2.45, 2.75) is 24.3 Å². The zero-order valence-corrected chi connectivity index (χ0v) is 19.7. The van der Waals surface area contributed by atoms with Gasteiger partial charge in [-0.05, 0) is 49.9 Å². The van der Waals surface area contributed by atoms with E-state index in [-0.39, 0.29) is 6.61 Å². The summed E-state index contributed by atoms with van der Waals surface area (Å²) in [4.78, 5) is 21.2. The van der Waals surface area contributed by atoms with Gasteiger partial charge in [-0.3, -0.25) is 4.90 Å². The number of hydrogen-bond donors (Lipinski definition) is 0. The number of hydrogen-bond acceptors (Lipinski definition) is 7. The third-order valence-electron chi connectivity index (χ3n) is 5.43. The fourth-order valence-electron chi connectivity index (χ4n) is 3.52. The summed E-state index contributed by atoms with van der Waals surface area (Å²) in [7, 11) is 0. The standard InChI is InChI=1S/C25H30N2O4S/c1-5-19-6-10-21(11-7-19)31-23(28)18-30-26-24(20-8-12-22(32-4)13-9-20)25(2,3)27-14-16-29-17-15-27/h5-13H,1,14-18H2,2-4H3. The third kappa shape index (κ3) is 6.22. The Bertz CT molecular complexity index is 933. The molecule has 32 heavy (non-hydrogen) atoms. The van der Waals surface area contributed by atoms with Crippen LogP contribution in [0.25, 0.3) is 6.08 Å². The molecule has 1 aliphatic rings. The van der Waals surface area contributed by atoms with Crippen LogP contribution in [0.2, 0.25) is 0 Å². The average Bonchev–Trinajstić information content (AvgIpc) is 2.83. The van der Waals surface area contributed by atoms with Gasteiger partial charge in [0.1, 0.15) is 11.5 Å². The van der Waals surface area contributed by atoms with Crippen LogP contribution in [0.1, 0.15) is 25.0 Å². The second-order valence-corrected chi connectivity index (χ2v) is 8.73. The third-order valence-corrected chi connectivity index (χ3v) is 6.17. The molecule has 1 heterocycles. The van der Waals surface area contributed by atoms with E-state index in [1.807, 2.05) is 30.5 Å². The number of morpholine rings is 1. The van der Waals surface area contributed by atoms with E-state index >= 15 is 0 Å². The van der Waals surface area contributed by atoms with Gasteiger partial charge in [0.05, 0.1) is 18.8 Å². The number of carbonyl (C=O) groups is 1. The quantitative estimate of drug-likeness (QED) is 0.183. The highest BCUT2D eigenvalue weighted by molar-refractivity contribution is 7.98. The molecule has 0 spiro atoms. The van der Waals surface area contributed by atoms with Crippen molar-refractivity contribution in [3.8, 4) is 5.75 Å². The van der Waals surface area contributed by atoms with Crippen molar-refractivity contribution < 1.29 is 19.1 Å². The lowest BCUT2D eigenvalue weighted by molar-refractivity contribution is -0.139. The largest absolute Gasteiger partial charge is 0.424 e. The Morgan fingerprint density at radius 1 is 1.16 bits per heavy atom. The van der Waals surface area contributed by atoms with Crippen LogP contribution < -0.4 is 4.74 Å². The minimum atomic E-state index is -0.513. The topological polar surface area (TPSA) is 60.4 Å². The van der Waals surface area contributed by atoms with Gasteiger partial charge in [0, 0.05) is 23.5 Å². The zero-order chi connectivity index (χ0) is 23.0. The maximum Gasteiger partial charge on any atom is 0.352 e. The van der Waals surface area contributed by atoms with E-state index in [2.05, 4.69) is 42.6 Å². The number of esters is 1. The molecule has 0 N–H and O–H groups in total. The summed E-state index contributed by atoms with van der Waals surface area (Å²) >= 11 is 1.68. The second kappa shape index (κ2) is 11.3. The molecule has 0 amide bonds. The molecule has 0 unspecified atom stereocenters. The number of oxime groups is 1. The van der Waals surface area contributed by atoms with Gasteiger partial charge in [-0.1, -0.05) is 42.1 Å². The normalized spacial score (nSPS) is 15.3. The van der Waals surface area contributed by atoms with Gasteiger partial charge in [0.2, 0.25) is 6.61 Å². The van der Waals surface area contributed by atoms with E-state index in [9.17, 15) is 4.79 Å². The van der Waals surface area contributed by atoms with Gasteiger partial charge in [-0.2, -0.15) is 0 Å². The van der Waals surface area contributed by atoms with E-state index in [0.717, 1.165) is 29.9 Å². The first-order valence-corrected chi connectivity index (χ1v) is 11.8. The number of nitrogens with zero attached hydrogens (tertiary/aromatic N) is 2. The van der Waals surface area contributed by atoms with Gasteiger partial charge in [-0.15, -0.1) is 11.8 Å². The lowest BCUT2D eigenvalue weighted by Gasteiger charge is -2.41. The molecule has 0 aromatic heterocycles. The Hall–Kier alpha value is -2.61. The van der Waals surface area contributed by atoms with Crippen LogP contribution >= 0.6 is 11.8 Å². The average molecular weight is 455 g/mol. The maximum atomic E-state index is 12.3. The smallest absolute Gasteiger partial charge is 0.352 e. The lowest BCUT2D eigenvalue weighted by atomic mass is 9.90. The molecule has 0 radical (unpaired) electrons. The predicted octanol–water partition coefficient (Wildman–Crippen LogP) is 4.49. The van der Waals surface area contributed by atoms with E-state index in [0.29, 0.717) is 19.0 Å². The SMILES string of the molecule is C=Cc1ccc(OC(=O)CON=C(c2ccc(SC)cc2)C(C)(C)N2CCOCC2)cc1. The maximum absolute atomic E-state index is 12.3. The fraction of sp³-hybridized carbons (Fsp3) is 0.360. The lowest BCUT2D eigenvalue weighted by Crippen LogP contribution is -2.54. The number of ether oxygens (including phenoxy) is 2. The molecule has 0 atom stereocenters. The number of thioether (sulfide) groups is 1. The summed E-state index contributed by atoms with van der Waals surface area (Å²) < 4.78 is 10.8. The van der Waals surface area contributed by atoms with Crippen molar-refractivity contribution in [1.82, 2.24) is 4.90 Å². The van der Waals surface area contributed by atoms with Gasteiger partial charge >= 0.3 is 5.97 Å². The van der Waals surface area contributed by atoms with Gasteiger partial charge < -0.3 is 14.3 Å². The molecule has 2 aromatic rings. The minimum Gasteiger partial charge on any atom is -0.424 e. The molecule has 0 aliphatic carbocycles. The van der Waals surface area contributed by atoms with Crippen LogP contribution in [0, 0.1) is 0 Å². The highest BCUT2D eigenvalue weighted by Crippen LogP contribution is 2.25. The first-order valence-electron chi connectivity index (χ1n) is 10.5. The molecule has 0 bridgehead atoms. The van der Waals surface area contributed by atoms with Crippen LogP contribution in [0.3, 0.4) is 0 Å². The van der Waals surface area contributed by atoms with Crippen molar-refractivity contribution >= 4 is 29.5 Å². The summed E-state index contributed by atoms with van der Waals surface area (Å²) in [6.45, 7) is 10.6. The molecule has 1 aliphatic heterocycles. The Kier molecular flexibility index (Phi) is 8.50. The molecule has 3 rings (SSSR count). The number of rotatable bonds is 9. The summed E-state index contributed by atoms with van der Waals surface area (Å²) in [5, 5.41) is 4.42. The number of benzene rings is 2. The van der Waals surface area contributed by atoms with Gasteiger partial charge in [-0.25, -0.2) is 4.79 Å². The molecule has 0 saturated carbocycles. The van der Waals surface area contributed by atoms with E-state index in [1.54, 1.807) is 30.0 Å². The Morgan fingerprint density at radius 3 is 2.41 bits per heavy atom. The van der Waals surface area contributed by atoms with Crippen molar-refractivity contribution in [3.05, 3.63) is 66.2 Å². The molecule has 1 fully saturated rings. The Labute approximate surface area is 194 Å². The molecular weight excluding hydrogens is 424 g/mol. The molecule has 6 nitrogen and oxygen atoms in total. The Morgan fingerprint density at radius 2 is 1.81 bits per heavy atom. The van der Waals surface area contributed by atoms with Gasteiger partial charge in [0.25, 0.3) is 0 Å². The Balaban J connectivity index is 1.74. The molecular formula is C25H30N2O4S. The fourth-order valence-corrected chi connectivity index (χ4v) is 3.93. The monoisotopic (exact) mass is 454 g/mol. The van der Waals surface area contributed by atoms with Crippen LogP contribution in [-0.2, 0) is 14.4 Å². The molecule has 170 valence electrons. The summed E-state index contributed by atoms with van der Waals surface area (Å²) in [5.41, 5.74) is 2.26. The zero-order valence-electron chi connectivity index (χ0n) is 18.9. The number of carbonyl (C=O) groups excluding carboxylic acids is 1. The molecule has 1 saturated heterocycles. The summed E-state index contributed by atoms with van der Waals surface area (Å²) in [6.07, 6.45) is 3.77. The first kappa shape index (κ1) is 24.0. The van der Waals surface area contributed by atoms with Crippen molar-refractivity contribution in [2.75, 3.05) is 39.2 Å². The van der Waals surface area contributed by atoms with Crippen LogP contribution in [-0.4, -0.2) is 61.3 Å². The van der Waals surface area contributed by atoms with E-state index in [4.69, 9.17) is 14.3 Å².